The van der Waals surface area contributed by atoms with Crippen LogP contribution in [0.4, 0.5) is 4.79 Å². The molecule has 182 valence electrons. The summed E-state index contributed by atoms with van der Waals surface area (Å²) < 4.78 is 10.5. The molecule has 0 spiro atoms. The van der Waals surface area contributed by atoms with E-state index in [0.29, 0.717) is 12.3 Å². The van der Waals surface area contributed by atoms with E-state index in [-0.39, 0.29) is 30.3 Å². The van der Waals surface area contributed by atoms with Crippen molar-refractivity contribution in [1.29, 1.82) is 5.41 Å². The standard InChI is InChI=1S/C22H40N6O4/c1-25-18(6-3-5-17-8-11-28(12-9-17)21(23)24)20(32-22(25)30)27-15-13-26(14-16-27)10-4-7-19(29)31-2/h17-18,20H,3-16H2,1-2H3,(H3,23,24). The van der Waals surface area contributed by atoms with Crippen molar-refractivity contribution in [2.45, 2.75) is 57.2 Å². The highest BCUT2D eigenvalue weighted by Gasteiger charge is 2.43. The van der Waals surface area contributed by atoms with Gasteiger partial charge in [-0.1, -0.05) is 12.8 Å². The number of hydrogen-bond donors (Lipinski definition) is 2. The molecular formula is C22H40N6O4. The molecule has 3 N–H and O–H groups in total. The molecule has 0 saturated carbocycles. The first-order valence-electron chi connectivity index (χ1n) is 11.9. The number of likely N-dealkylation sites (tertiary alicyclic amines) is 1. The van der Waals surface area contributed by atoms with Crippen LogP contribution in [0.3, 0.4) is 0 Å². The Morgan fingerprint density at radius 2 is 1.81 bits per heavy atom. The van der Waals surface area contributed by atoms with Crippen molar-refractivity contribution in [3.63, 3.8) is 0 Å². The van der Waals surface area contributed by atoms with Crippen LogP contribution in [0.1, 0.15) is 44.9 Å². The fourth-order valence-electron chi connectivity index (χ4n) is 5.11. The van der Waals surface area contributed by atoms with Gasteiger partial charge in [0.05, 0.1) is 13.2 Å². The molecule has 0 aromatic heterocycles. The molecule has 10 heteroatoms. The molecule has 3 aliphatic heterocycles. The van der Waals surface area contributed by atoms with E-state index in [0.717, 1.165) is 84.3 Å². The molecular weight excluding hydrogens is 412 g/mol. The van der Waals surface area contributed by atoms with Crippen molar-refractivity contribution in [3.05, 3.63) is 0 Å². The van der Waals surface area contributed by atoms with Crippen LogP contribution in [0, 0.1) is 11.3 Å². The Balaban J connectivity index is 1.40. The number of ether oxygens (including phenoxy) is 2. The topological polar surface area (TPSA) is 115 Å². The van der Waals surface area contributed by atoms with Gasteiger partial charge in [0.2, 0.25) is 0 Å². The number of methoxy groups -OCH3 is 1. The van der Waals surface area contributed by atoms with Crippen molar-refractivity contribution in [2.24, 2.45) is 11.7 Å². The van der Waals surface area contributed by atoms with Crippen LogP contribution in [0.25, 0.3) is 0 Å². The summed E-state index contributed by atoms with van der Waals surface area (Å²) in [6, 6.07) is 0.0886. The minimum absolute atomic E-state index is 0.0886. The molecule has 1 amide bonds. The normalized spacial score (nSPS) is 25.8. The molecule has 3 aliphatic rings. The monoisotopic (exact) mass is 452 g/mol. The lowest BCUT2D eigenvalue weighted by atomic mass is 9.90. The summed E-state index contributed by atoms with van der Waals surface area (Å²) >= 11 is 0. The zero-order valence-corrected chi connectivity index (χ0v) is 19.6. The molecule has 0 aromatic carbocycles. The van der Waals surface area contributed by atoms with Crippen molar-refractivity contribution in [2.75, 3.05) is 60.0 Å². The third kappa shape index (κ3) is 6.48. The number of cyclic esters (lactones) is 1. The maximum atomic E-state index is 12.3. The SMILES string of the molecule is COC(=O)CCCN1CCN(C2OC(=O)N(C)C2CCCC2CCN(C(=N)N)CC2)CC1. The van der Waals surface area contributed by atoms with Gasteiger partial charge in [-0.25, -0.2) is 4.79 Å². The van der Waals surface area contributed by atoms with Gasteiger partial charge in [0, 0.05) is 52.7 Å². The second-order valence-electron chi connectivity index (χ2n) is 9.26. The maximum Gasteiger partial charge on any atom is 0.411 e. The largest absolute Gasteiger partial charge is 0.469 e. The van der Waals surface area contributed by atoms with Crippen molar-refractivity contribution < 1.29 is 19.1 Å². The maximum absolute atomic E-state index is 12.3. The summed E-state index contributed by atoms with van der Waals surface area (Å²) in [5.41, 5.74) is 5.59. The van der Waals surface area contributed by atoms with Crippen LogP contribution in [0.2, 0.25) is 0 Å². The number of carbonyl (C=O) groups excluding carboxylic acids is 2. The molecule has 3 fully saturated rings. The highest BCUT2D eigenvalue weighted by atomic mass is 16.6. The van der Waals surface area contributed by atoms with Crippen LogP contribution in [-0.4, -0.2) is 110 Å². The fourth-order valence-corrected chi connectivity index (χ4v) is 5.11. The van der Waals surface area contributed by atoms with Gasteiger partial charge in [-0.15, -0.1) is 0 Å². The van der Waals surface area contributed by atoms with Gasteiger partial charge in [-0.3, -0.25) is 15.1 Å². The first-order chi connectivity index (χ1) is 15.4. The number of hydrogen-bond acceptors (Lipinski definition) is 7. The van der Waals surface area contributed by atoms with Crippen LogP contribution < -0.4 is 5.73 Å². The second-order valence-corrected chi connectivity index (χ2v) is 9.26. The van der Waals surface area contributed by atoms with E-state index in [4.69, 9.17) is 20.6 Å². The van der Waals surface area contributed by atoms with Gasteiger partial charge >= 0.3 is 12.1 Å². The Morgan fingerprint density at radius 3 is 2.44 bits per heavy atom. The van der Waals surface area contributed by atoms with E-state index < -0.39 is 0 Å². The van der Waals surface area contributed by atoms with E-state index >= 15 is 0 Å². The summed E-state index contributed by atoms with van der Waals surface area (Å²) in [6.45, 7) is 6.20. The third-order valence-corrected chi connectivity index (χ3v) is 7.25. The molecule has 3 heterocycles. The molecule has 32 heavy (non-hydrogen) atoms. The molecule has 2 atom stereocenters. The third-order valence-electron chi connectivity index (χ3n) is 7.25. The summed E-state index contributed by atoms with van der Waals surface area (Å²) in [4.78, 5) is 31.9. The van der Waals surface area contributed by atoms with E-state index in [1.54, 1.807) is 4.90 Å². The Hall–Kier alpha value is -2.07. The Kier molecular flexibility index (Phi) is 8.98. The highest BCUT2D eigenvalue weighted by Crippen LogP contribution is 2.28. The predicted molar refractivity (Wildman–Crippen MR) is 121 cm³/mol. The van der Waals surface area contributed by atoms with Crippen LogP contribution in [-0.2, 0) is 14.3 Å². The molecule has 0 bridgehead atoms. The Labute approximate surface area is 191 Å². The molecule has 10 nitrogen and oxygen atoms in total. The van der Waals surface area contributed by atoms with E-state index in [1.165, 1.54) is 7.11 Å². The van der Waals surface area contributed by atoms with Gasteiger partial charge in [0.15, 0.2) is 12.2 Å². The number of piperidine rings is 1. The van der Waals surface area contributed by atoms with Crippen LogP contribution in [0.15, 0.2) is 0 Å². The van der Waals surface area contributed by atoms with Gasteiger partial charge < -0.3 is 29.9 Å². The molecule has 2 unspecified atom stereocenters. The summed E-state index contributed by atoms with van der Waals surface area (Å²) in [5.74, 6) is 0.691. The minimum atomic E-state index is -0.227. The van der Waals surface area contributed by atoms with Crippen LogP contribution >= 0.6 is 0 Å². The molecule has 0 aromatic rings. The quantitative estimate of drug-likeness (QED) is 0.304. The number of nitrogens with two attached hydrogens (primary N) is 1. The number of rotatable bonds is 9. The number of esters is 1. The smallest absolute Gasteiger partial charge is 0.411 e. The average molecular weight is 453 g/mol. The first-order valence-corrected chi connectivity index (χ1v) is 11.9. The second kappa shape index (κ2) is 11.7. The number of amides is 1. The number of carbonyl (C=O) groups is 2. The molecule has 3 saturated heterocycles. The summed E-state index contributed by atoms with van der Waals surface area (Å²) in [7, 11) is 3.27. The van der Waals surface area contributed by atoms with Crippen molar-refractivity contribution in [1.82, 2.24) is 19.6 Å². The Morgan fingerprint density at radius 1 is 1.12 bits per heavy atom. The zero-order chi connectivity index (χ0) is 23.1. The summed E-state index contributed by atoms with van der Waals surface area (Å²) in [6.07, 6.45) is 6.18. The number of piperazine rings is 1. The number of nitrogens with zero attached hydrogens (tertiary/aromatic N) is 4. The molecule has 0 radical (unpaired) electrons. The van der Waals surface area contributed by atoms with Crippen molar-refractivity contribution in [3.8, 4) is 0 Å². The van der Waals surface area contributed by atoms with E-state index in [1.807, 2.05) is 11.9 Å². The van der Waals surface area contributed by atoms with E-state index in [2.05, 4.69) is 9.80 Å². The Bertz CT molecular complexity index is 646. The zero-order valence-electron chi connectivity index (χ0n) is 19.6. The predicted octanol–water partition coefficient (Wildman–Crippen LogP) is 1.11. The first kappa shape index (κ1) is 24.6. The minimum Gasteiger partial charge on any atom is -0.469 e. The fraction of sp³-hybridized carbons (Fsp3) is 0.864. The number of likely N-dealkylation sites (N-methyl/N-ethyl adjacent to an activating group) is 1. The summed E-state index contributed by atoms with van der Waals surface area (Å²) in [5, 5.41) is 7.56. The number of nitrogens with one attached hydrogen (secondary N) is 1. The highest BCUT2D eigenvalue weighted by molar-refractivity contribution is 5.74. The molecule has 0 aliphatic carbocycles. The lowest BCUT2D eigenvalue weighted by Crippen LogP contribution is -2.54. The van der Waals surface area contributed by atoms with Gasteiger partial charge in [-0.05, 0) is 38.1 Å². The molecule has 3 rings (SSSR count). The number of guanidine groups is 1. The van der Waals surface area contributed by atoms with Crippen LogP contribution in [0.5, 0.6) is 0 Å². The van der Waals surface area contributed by atoms with Gasteiger partial charge in [-0.2, -0.15) is 0 Å². The van der Waals surface area contributed by atoms with Crippen molar-refractivity contribution >= 4 is 18.0 Å². The average Bonchev–Trinajstić information content (AvgIpc) is 3.08. The van der Waals surface area contributed by atoms with Gasteiger partial charge in [0.25, 0.3) is 0 Å². The van der Waals surface area contributed by atoms with E-state index in [9.17, 15) is 9.59 Å². The lowest BCUT2D eigenvalue weighted by Gasteiger charge is -2.39. The lowest BCUT2D eigenvalue weighted by molar-refractivity contribution is -0.140. The van der Waals surface area contributed by atoms with Gasteiger partial charge in [0.1, 0.15) is 0 Å².